The van der Waals surface area contributed by atoms with E-state index in [1.807, 2.05) is 0 Å². The summed E-state index contributed by atoms with van der Waals surface area (Å²) in [6.45, 7) is 0.0109. The van der Waals surface area contributed by atoms with Crippen molar-refractivity contribution >= 4 is 25.7 Å². The van der Waals surface area contributed by atoms with E-state index in [0.717, 1.165) is 28.1 Å². The Morgan fingerprint density at radius 3 is 2.17 bits per heavy atom. The average Bonchev–Trinajstić information content (AvgIpc) is 2.93. The summed E-state index contributed by atoms with van der Waals surface area (Å²) in [4.78, 5) is 0.864. The molecule has 1 fully saturated rings. The summed E-state index contributed by atoms with van der Waals surface area (Å²) >= 11 is 0. The van der Waals surface area contributed by atoms with E-state index in [9.17, 15) is 34.4 Å². The van der Waals surface area contributed by atoms with Crippen LogP contribution in [0.2, 0.25) is 0 Å². The number of anilines is 1. The zero-order valence-electron chi connectivity index (χ0n) is 21.4. The smallest absolute Gasteiger partial charge is 0.417 e. The van der Waals surface area contributed by atoms with Crippen molar-refractivity contribution in [3.05, 3.63) is 83.7 Å². The number of halogens is 4. The highest BCUT2D eigenvalue weighted by Crippen LogP contribution is 2.36. The van der Waals surface area contributed by atoms with E-state index in [4.69, 9.17) is 4.74 Å². The second-order valence-electron chi connectivity index (χ2n) is 8.99. The second-order valence-corrected chi connectivity index (χ2v) is 12.7. The van der Waals surface area contributed by atoms with Crippen molar-refractivity contribution in [1.29, 1.82) is 0 Å². The number of rotatable bonds is 9. The minimum Gasteiger partial charge on any atom is -0.495 e. The Balaban J connectivity index is 1.48. The number of ether oxygens (including phenoxy) is 1. The third-order valence-corrected chi connectivity index (χ3v) is 9.88. The standard InChI is InChI=1S/C26H27F4N3O5S2/c1-38-24-11-10-21(39(34,35)31-13-12-19-6-8-20(27)9-7-19)18-23(24)32-14-16-33(17-15-32)40(36,37)25-5-3-2-4-22(25)26(28,29)30/h2-11,18,31H,12-17H2,1H3. The number of hydrogen-bond acceptors (Lipinski definition) is 6. The molecule has 1 N–H and O–H groups in total. The van der Waals surface area contributed by atoms with Gasteiger partial charge in [-0.1, -0.05) is 24.3 Å². The van der Waals surface area contributed by atoms with Crippen LogP contribution in [-0.2, 0) is 32.6 Å². The first-order valence-corrected chi connectivity index (χ1v) is 15.1. The van der Waals surface area contributed by atoms with Gasteiger partial charge in [-0.05, 0) is 54.4 Å². The molecule has 14 heteroatoms. The van der Waals surface area contributed by atoms with Crippen LogP contribution in [0.4, 0.5) is 23.2 Å². The van der Waals surface area contributed by atoms with Crippen molar-refractivity contribution in [3.8, 4) is 5.75 Å². The van der Waals surface area contributed by atoms with Crippen LogP contribution >= 0.6 is 0 Å². The van der Waals surface area contributed by atoms with E-state index in [1.165, 1.54) is 43.5 Å². The van der Waals surface area contributed by atoms with Crippen LogP contribution in [0, 0.1) is 5.82 Å². The summed E-state index contributed by atoms with van der Waals surface area (Å²) in [5.41, 5.74) is -0.0780. The van der Waals surface area contributed by atoms with Gasteiger partial charge >= 0.3 is 6.18 Å². The number of piperazine rings is 1. The molecule has 0 atom stereocenters. The van der Waals surface area contributed by atoms with E-state index in [-0.39, 0.29) is 43.4 Å². The molecule has 8 nitrogen and oxygen atoms in total. The van der Waals surface area contributed by atoms with Crippen LogP contribution in [-0.4, -0.2) is 61.0 Å². The summed E-state index contributed by atoms with van der Waals surface area (Å²) in [6.07, 6.45) is -4.49. The number of nitrogens with one attached hydrogen (secondary N) is 1. The number of benzene rings is 3. The van der Waals surface area contributed by atoms with Crippen molar-refractivity contribution < 1.29 is 39.1 Å². The molecule has 1 aliphatic heterocycles. The quantitative estimate of drug-likeness (QED) is 0.374. The molecular weight excluding hydrogens is 574 g/mol. The molecule has 3 aromatic rings. The second kappa shape index (κ2) is 11.7. The highest BCUT2D eigenvalue weighted by molar-refractivity contribution is 7.89. The molecule has 3 aromatic carbocycles. The van der Waals surface area contributed by atoms with Gasteiger partial charge in [0.1, 0.15) is 11.6 Å². The Labute approximate surface area is 230 Å². The van der Waals surface area contributed by atoms with Crippen molar-refractivity contribution in [2.45, 2.75) is 22.4 Å². The van der Waals surface area contributed by atoms with Crippen molar-refractivity contribution in [3.63, 3.8) is 0 Å². The molecule has 40 heavy (non-hydrogen) atoms. The molecule has 0 aromatic heterocycles. The van der Waals surface area contributed by atoms with E-state index < -0.39 is 36.7 Å². The Hall–Kier alpha value is -3.20. The van der Waals surface area contributed by atoms with Crippen molar-refractivity contribution in [2.75, 3.05) is 44.7 Å². The third kappa shape index (κ3) is 6.57. The number of sulfonamides is 2. The van der Waals surface area contributed by atoms with E-state index in [1.54, 1.807) is 17.0 Å². The van der Waals surface area contributed by atoms with Crippen LogP contribution in [0.3, 0.4) is 0 Å². The summed E-state index contributed by atoms with van der Waals surface area (Å²) < 4.78 is 114. The fourth-order valence-corrected chi connectivity index (χ4v) is 7.07. The Bertz CT molecular complexity index is 1560. The molecule has 0 saturated carbocycles. The molecular formula is C26H27F4N3O5S2. The molecule has 0 radical (unpaired) electrons. The fourth-order valence-electron chi connectivity index (χ4n) is 4.38. The SMILES string of the molecule is COc1ccc(S(=O)(=O)NCCc2ccc(F)cc2)cc1N1CCN(S(=O)(=O)c2ccccc2C(F)(F)F)CC1. The van der Waals surface area contributed by atoms with Gasteiger partial charge in [0.2, 0.25) is 20.0 Å². The van der Waals surface area contributed by atoms with Crippen molar-refractivity contribution in [2.24, 2.45) is 0 Å². The third-order valence-electron chi connectivity index (χ3n) is 6.47. The Kier molecular flexibility index (Phi) is 8.73. The van der Waals surface area contributed by atoms with Crippen LogP contribution in [0.5, 0.6) is 5.75 Å². The van der Waals surface area contributed by atoms with Crippen LogP contribution in [0.25, 0.3) is 0 Å². The first kappa shape index (κ1) is 29.8. The lowest BCUT2D eigenvalue weighted by Crippen LogP contribution is -2.49. The largest absolute Gasteiger partial charge is 0.495 e. The van der Waals surface area contributed by atoms with Crippen LogP contribution in [0.15, 0.2) is 76.5 Å². The first-order chi connectivity index (χ1) is 18.8. The van der Waals surface area contributed by atoms with Gasteiger partial charge in [-0.15, -0.1) is 0 Å². The summed E-state index contributed by atoms with van der Waals surface area (Å²) in [6, 6.07) is 14.0. The van der Waals surface area contributed by atoms with Gasteiger partial charge in [0.15, 0.2) is 0 Å². The zero-order chi connectivity index (χ0) is 29.1. The maximum absolute atomic E-state index is 13.5. The Morgan fingerprint density at radius 1 is 0.900 bits per heavy atom. The van der Waals surface area contributed by atoms with E-state index in [2.05, 4.69) is 4.72 Å². The number of hydrogen-bond donors (Lipinski definition) is 1. The molecule has 0 aliphatic carbocycles. The molecule has 1 heterocycles. The molecule has 0 bridgehead atoms. The van der Waals surface area contributed by atoms with Gasteiger partial charge in [0.05, 0.1) is 28.2 Å². The Morgan fingerprint density at radius 2 is 1.55 bits per heavy atom. The first-order valence-electron chi connectivity index (χ1n) is 12.2. The fraction of sp³-hybridized carbons (Fsp3) is 0.308. The highest BCUT2D eigenvalue weighted by atomic mass is 32.2. The van der Waals surface area contributed by atoms with Gasteiger partial charge in [0, 0.05) is 32.7 Å². The summed E-state index contributed by atoms with van der Waals surface area (Å²) in [7, 11) is -6.96. The predicted octanol–water partition coefficient (Wildman–Crippen LogP) is 3.89. The predicted molar refractivity (Wildman–Crippen MR) is 141 cm³/mol. The maximum Gasteiger partial charge on any atom is 0.417 e. The van der Waals surface area contributed by atoms with E-state index >= 15 is 0 Å². The summed E-state index contributed by atoms with van der Waals surface area (Å²) in [5.74, 6) is -0.0383. The monoisotopic (exact) mass is 601 g/mol. The maximum atomic E-state index is 13.5. The van der Waals surface area contributed by atoms with Crippen LogP contribution < -0.4 is 14.4 Å². The van der Waals surface area contributed by atoms with Gasteiger partial charge in [0.25, 0.3) is 0 Å². The number of nitrogens with zero attached hydrogens (tertiary/aromatic N) is 2. The molecule has 216 valence electrons. The lowest BCUT2D eigenvalue weighted by atomic mass is 10.1. The van der Waals surface area contributed by atoms with Gasteiger partial charge in [-0.25, -0.2) is 25.9 Å². The van der Waals surface area contributed by atoms with Gasteiger partial charge in [-0.2, -0.15) is 17.5 Å². The molecule has 0 spiro atoms. The average molecular weight is 602 g/mol. The van der Waals surface area contributed by atoms with Gasteiger partial charge < -0.3 is 9.64 Å². The lowest BCUT2D eigenvalue weighted by Gasteiger charge is -2.36. The molecule has 1 saturated heterocycles. The normalized spacial score (nSPS) is 15.3. The van der Waals surface area contributed by atoms with Gasteiger partial charge in [-0.3, -0.25) is 0 Å². The topological polar surface area (TPSA) is 96.0 Å². The molecule has 0 unspecified atom stereocenters. The number of methoxy groups -OCH3 is 1. The minimum atomic E-state index is -4.84. The minimum absolute atomic E-state index is 0.0449. The molecule has 1 aliphatic rings. The van der Waals surface area contributed by atoms with Crippen LogP contribution in [0.1, 0.15) is 11.1 Å². The summed E-state index contributed by atoms with van der Waals surface area (Å²) in [5, 5.41) is 0. The number of alkyl halides is 3. The van der Waals surface area contributed by atoms with E-state index in [0.29, 0.717) is 17.9 Å². The highest BCUT2D eigenvalue weighted by Gasteiger charge is 2.39. The lowest BCUT2D eigenvalue weighted by molar-refractivity contribution is -0.139. The molecule has 0 amide bonds. The van der Waals surface area contributed by atoms with Crippen molar-refractivity contribution in [1.82, 2.24) is 9.03 Å². The molecule has 4 rings (SSSR count). The zero-order valence-corrected chi connectivity index (χ0v) is 23.0.